The first kappa shape index (κ1) is 15.5. The Morgan fingerprint density at radius 2 is 1.85 bits per heavy atom. The smallest absolute Gasteiger partial charge is 0.0794 e. The Hall–Kier alpha value is -0.860. The number of benzene rings is 1. The standard InChI is InChI=1S/C18H29NO/c1-3-14-19-17(15-10-6-4-7-11-15)18(20-2)16-12-8-5-9-13-16/h4,6-7,10-11,16-19H,3,5,8-9,12-14H2,1-2H3. The second kappa shape index (κ2) is 8.43. The number of rotatable bonds is 7. The van der Waals surface area contributed by atoms with E-state index in [2.05, 4.69) is 42.6 Å². The van der Waals surface area contributed by atoms with Crippen molar-refractivity contribution >= 4 is 0 Å². The van der Waals surface area contributed by atoms with E-state index in [-0.39, 0.29) is 0 Å². The molecule has 112 valence electrons. The predicted molar refractivity (Wildman–Crippen MR) is 84.8 cm³/mol. The van der Waals surface area contributed by atoms with Gasteiger partial charge in [-0.15, -0.1) is 0 Å². The summed E-state index contributed by atoms with van der Waals surface area (Å²) in [4.78, 5) is 0. The second-order valence-electron chi connectivity index (χ2n) is 5.94. The van der Waals surface area contributed by atoms with E-state index in [9.17, 15) is 0 Å². The summed E-state index contributed by atoms with van der Waals surface area (Å²) < 4.78 is 5.94. The first-order chi connectivity index (χ1) is 9.86. The summed E-state index contributed by atoms with van der Waals surface area (Å²) in [5, 5.41) is 3.71. The van der Waals surface area contributed by atoms with E-state index >= 15 is 0 Å². The van der Waals surface area contributed by atoms with Gasteiger partial charge in [0.2, 0.25) is 0 Å². The summed E-state index contributed by atoms with van der Waals surface area (Å²) in [5.41, 5.74) is 1.36. The van der Waals surface area contributed by atoms with Crippen LogP contribution in [-0.2, 0) is 4.74 Å². The molecule has 2 rings (SSSR count). The average molecular weight is 275 g/mol. The maximum absolute atomic E-state index is 5.94. The molecule has 0 aromatic heterocycles. The molecule has 1 aliphatic carbocycles. The number of methoxy groups -OCH3 is 1. The molecule has 0 radical (unpaired) electrons. The van der Waals surface area contributed by atoms with Crippen molar-refractivity contribution in [3.8, 4) is 0 Å². The summed E-state index contributed by atoms with van der Waals surface area (Å²) in [6, 6.07) is 11.1. The van der Waals surface area contributed by atoms with E-state index in [4.69, 9.17) is 4.74 Å². The molecule has 2 unspecified atom stereocenters. The van der Waals surface area contributed by atoms with Crippen LogP contribution >= 0.6 is 0 Å². The van der Waals surface area contributed by atoms with E-state index in [1.54, 1.807) is 0 Å². The van der Waals surface area contributed by atoms with Crippen LogP contribution in [0.15, 0.2) is 30.3 Å². The maximum Gasteiger partial charge on any atom is 0.0794 e. The van der Waals surface area contributed by atoms with Gasteiger partial charge in [0.15, 0.2) is 0 Å². The van der Waals surface area contributed by atoms with Crippen molar-refractivity contribution in [2.45, 2.75) is 57.6 Å². The molecule has 1 fully saturated rings. The fourth-order valence-electron chi connectivity index (χ4n) is 3.45. The lowest BCUT2D eigenvalue weighted by molar-refractivity contribution is 0.00756. The zero-order chi connectivity index (χ0) is 14.2. The third kappa shape index (κ3) is 4.07. The Morgan fingerprint density at radius 1 is 1.15 bits per heavy atom. The number of ether oxygens (including phenoxy) is 1. The van der Waals surface area contributed by atoms with Crippen LogP contribution in [0.1, 0.15) is 57.1 Å². The molecule has 20 heavy (non-hydrogen) atoms. The monoisotopic (exact) mass is 275 g/mol. The molecule has 0 aliphatic heterocycles. The Bertz CT molecular complexity index is 359. The van der Waals surface area contributed by atoms with Crippen LogP contribution in [0, 0.1) is 5.92 Å². The van der Waals surface area contributed by atoms with Gasteiger partial charge >= 0.3 is 0 Å². The quantitative estimate of drug-likeness (QED) is 0.800. The minimum atomic E-state index is 0.296. The van der Waals surface area contributed by atoms with Crippen LogP contribution in [0.5, 0.6) is 0 Å². The van der Waals surface area contributed by atoms with E-state index in [0.717, 1.165) is 13.0 Å². The molecule has 2 heteroatoms. The Labute approximate surface area is 123 Å². The van der Waals surface area contributed by atoms with Gasteiger partial charge in [-0.3, -0.25) is 0 Å². The molecule has 0 heterocycles. The van der Waals surface area contributed by atoms with Crippen LogP contribution in [-0.4, -0.2) is 19.8 Å². The van der Waals surface area contributed by atoms with Crippen molar-refractivity contribution < 1.29 is 4.74 Å². The van der Waals surface area contributed by atoms with Crippen LogP contribution in [0.25, 0.3) is 0 Å². The predicted octanol–water partition coefficient (Wildman–Crippen LogP) is 4.32. The van der Waals surface area contributed by atoms with Crippen molar-refractivity contribution in [2.24, 2.45) is 5.92 Å². The molecule has 1 saturated carbocycles. The largest absolute Gasteiger partial charge is 0.379 e. The zero-order valence-corrected chi connectivity index (χ0v) is 13.0. The minimum absolute atomic E-state index is 0.296. The lowest BCUT2D eigenvalue weighted by Gasteiger charge is -2.35. The van der Waals surface area contributed by atoms with Gasteiger partial charge in [0.05, 0.1) is 12.1 Å². The van der Waals surface area contributed by atoms with Gasteiger partial charge in [0, 0.05) is 7.11 Å². The van der Waals surface area contributed by atoms with Gasteiger partial charge in [0.25, 0.3) is 0 Å². The summed E-state index contributed by atoms with van der Waals surface area (Å²) >= 11 is 0. The molecule has 1 aromatic carbocycles. The third-order valence-electron chi connectivity index (χ3n) is 4.49. The van der Waals surface area contributed by atoms with Gasteiger partial charge in [-0.05, 0) is 37.3 Å². The van der Waals surface area contributed by atoms with Gasteiger partial charge in [-0.25, -0.2) is 0 Å². The number of nitrogens with one attached hydrogen (secondary N) is 1. The van der Waals surface area contributed by atoms with Crippen molar-refractivity contribution in [3.05, 3.63) is 35.9 Å². The third-order valence-corrected chi connectivity index (χ3v) is 4.49. The van der Waals surface area contributed by atoms with Crippen molar-refractivity contribution in [1.29, 1.82) is 0 Å². The highest BCUT2D eigenvalue weighted by Gasteiger charge is 2.31. The molecular weight excluding hydrogens is 246 g/mol. The normalized spacial score (nSPS) is 19.7. The maximum atomic E-state index is 5.94. The van der Waals surface area contributed by atoms with Crippen LogP contribution in [0.4, 0.5) is 0 Å². The summed E-state index contributed by atoms with van der Waals surface area (Å²) in [5.74, 6) is 0.698. The van der Waals surface area contributed by atoms with Crippen molar-refractivity contribution in [3.63, 3.8) is 0 Å². The molecule has 0 bridgehead atoms. The molecule has 1 N–H and O–H groups in total. The first-order valence-corrected chi connectivity index (χ1v) is 8.18. The summed E-state index contributed by atoms with van der Waals surface area (Å²) in [7, 11) is 1.88. The topological polar surface area (TPSA) is 21.3 Å². The Balaban J connectivity index is 2.14. The molecule has 1 aromatic rings. The van der Waals surface area contributed by atoms with Crippen LogP contribution in [0.3, 0.4) is 0 Å². The lowest BCUT2D eigenvalue weighted by atomic mass is 9.81. The molecule has 1 aliphatic rings. The number of hydrogen-bond donors (Lipinski definition) is 1. The summed E-state index contributed by atoms with van der Waals surface area (Å²) in [6.45, 7) is 3.27. The Kier molecular flexibility index (Phi) is 6.55. The van der Waals surface area contributed by atoms with E-state index in [0.29, 0.717) is 18.1 Å². The fourth-order valence-corrected chi connectivity index (χ4v) is 3.45. The SMILES string of the molecule is CCCNC(c1ccccc1)C(OC)C1CCCCC1. The van der Waals surface area contributed by atoms with Crippen molar-refractivity contribution in [2.75, 3.05) is 13.7 Å². The van der Waals surface area contributed by atoms with Gasteiger partial charge < -0.3 is 10.1 Å². The highest BCUT2D eigenvalue weighted by atomic mass is 16.5. The van der Waals surface area contributed by atoms with Crippen LogP contribution < -0.4 is 5.32 Å². The molecule has 0 spiro atoms. The van der Waals surface area contributed by atoms with E-state index in [1.807, 2.05) is 7.11 Å². The van der Waals surface area contributed by atoms with E-state index in [1.165, 1.54) is 37.7 Å². The first-order valence-electron chi connectivity index (χ1n) is 8.18. The Morgan fingerprint density at radius 3 is 2.45 bits per heavy atom. The number of hydrogen-bond acceptors (Lipinski definition) is 2. The van der Waals surface area contributed by atoms with E-state index < -0.39 is 0 Å². The molecule has 2 nitrogen and oxygen atoms in total. The highest BCUT2D eigenvalue weighted by molar-refractivity contribution is 5.20. The zero-order valence-electron chi connectivity index (χ0n) is 13.0. The molecule has 0 saturated heterocycles. The highest BCUT2D eigenvalue weighted by Crippen LogP contribution is 2.34. The van der Waals surface area contributed by atoms with Gasteiger partial charge in [0.1, 0.15) is 0 Å². The lowest BCUT2D eigenvalue weighted by Crippen LogP contribution is -2.39. The molecular formula is C18H29NO. The summed E-state index contributed by atoms with van der Waals surface area (Å²) in [6.07, 6.45) is 8.20. The molecule has 0 amide bonds. The van der Waals surface area contributed by atoms with Crippen molar-refractivity contribution in [1.82, 2.24) is 5.32 Å². The van der Waals surface area contributed by atoms with Gasteiger partial charge in [-0.2, -0.15) is 0 Å². The second-order valence-corrected chi connectivity index (χ2v) is 5.94. The fraction of sp³-hybridized carbons (Fsp3) is 0.667. The minimum Gasteiger partial charge on any atom is -0.379 e. The average Bonchev–Trinajstić information content (AvgIpc) is 2.53. The molecule has 2 atom stereocenters. The van der Waals surface area contributed by atoms with Gasteiger partial charge in [-0.1, -0.05) is 56.5 Å². The van der Waals surface area contributed by atoms with Crippen LogP contribution in [0.2, 0.25) is 0 Å².